The fourth-order valence-corrected chi connectivity index (χ4v) is 2.65. The molecule has 0 radical (unpaired) electrons. The first kappa shape index (κ1) is 14.4. The Morgan fingerprint density at radius 3 is 2.50 bits per heavy atom. The molecule has 0 saturated carbocycles. The van der Waals surface area contributed by atoms with E-state index in [1.165, 1.54) is 6.92 Å². The van der Waals surface area contributed by atoms with E-state index in [2.05, 4.69) is 20.6 Å². The molecule has 0 aliphatic rings. The highest BCUT2D eigenvalue weighted by Crippen LogP contribution is 2.31. The van der Waals surface area contributed by atoms with Crippen molar-refractivity contribution in [3.05, 3.63) is 30.1 Å². The van der Waals surface area contributed by atoms with Gasteiger partial charge in [-0.15, -0.1) is 10.2 Å². The van der Waals surface area contributed by atoms with Crippen molar-refractivity contribution < 1.29 is 18.0 Å². The molecule has 0 atom stereocenters. The molecular weight excluding hydrogens is 319 g/mol. The van der Waals surface area contributed by atoms with Gasteiger partial charge in [0.15, 0.2) is 0 Å². The van der Waals surface area contributed by atoms with Crippen LogP contribution in [0.15, 0.2) is 24.3 Å². The van der Waals surface area contributed by atoms with Crippen LogP contribution in [-0.4, -0.2) is 25.7 Å². The summed E-state index contributed by atoms with van der Waals surface area (Å²) in [4.78, 5) is 11.0. The molecule has 2 heterocycles. The van der Waals surface area contributed by atoms with Crippen molar-refractivity contribution in [2.24, 2.45) is 0 Å². The molecule has 3 rings (SSSR count). The highest BCUT2D eigenvalue weighted by molar-refractivity contribution is 7.19. The smallest absolute Gasteiger partial charge is 0.326 e. The molecule has 0 saturated heterocycles. The van der Waals surface area contributed by atoms with Gasteiger partial charge in [-0.25, -0.2) is 0 Å². The van der Waals surface area contributed by atoms with Crippen LogP contribution >= 0.6 is 11.3 Å². The van der Waals surface area contributed by atoms with Crippen LogP contribution in [0.4, 0.5) is 18.9 Å². The number of hydrogen-bond donors (Lipinski definition) is 1. The van der Waals surface area contributed by atoms with Crippen molar-refractivity contribution in [1.82, 2.24) is 19.8 Å². The van der Waals surface area contributed by atoms with Crippen molar-refractivity contribution in [1.29, 1.82) is 0 Å². The quantitative estimate of drug-likeness (QED) is 0.785. The molecule has 1 amide bonds. The topological polar surface area (TPSA) is 72.2 Å². The lowest BCUT2D eigenvalue weighted by molar-refractivity contribution is -0.146. The number of hydrogen-bond acceptors (Lipinski definition) is 5. The number of carbonyl (C=O) groups is 1. The summed E-state index contributed by atoms with van der Waals surface area (Å²) in [7, 11) is 0. The van der Waals surface area contributed by atoms with E-state index in [4.69, 9.17) is 0 Å². The molecule has 3 aromatic rings. The molecule has 114 valence electrons. The summed E-state index contributed by atoms with van der Waals surface area (Å²) in [6.07, 6.45) is -4.61. The predicted octanol–water partition coefficient (Wildman–Crippen LogP) is 2.83. The maximum Gasteiger partial charge on any atom is 0.453 e. The number of fused-ring (bicyclic) bond motifs is 1. The average Bonchev–Trinajstić information content (AvgIpc) is 2.97. The molecule has 0 unspecified atom stereocenters. The fourth-order valence-electron chi connectivity index (χ4n) is 1.81. The largest absolute Gasteiger partial charge is 0.453 e. The molecule has 22 heavy (non-hydrogen) atoms. The Morgan fingerprint density at radius 2 is 1.91 bits per heavy atom. The molecule has 0 aliphatic carbocycles. The second-order valence-corrected chi connectivity index (χ2v) is 5.34. The Bertz CT molecular complexity index is 837. The zero-order chi connectivity index (χ0) is 15.9. The van der Waals surface area contributed by atoms with Crippen molar-refractivity contribution in [2.75, 3.05) is 5.32 Å². The lowest BCUT2D eigenvalue weighted by Crippen LogP contribution is -2.11. The molecule has 0 bridgehead atoms. The van der Waals surface area contributed by atoms with Crippen LogP contribution in [0.1, 0.15) is 12.7 Å². The monoisotopic (exact) mass is 327 g/mol. The lowest BCUT2D eigenvalue weighted by Gasteiger charge is -2.02. The number of amides is 1. The summed E-state index contributed by atoms with van der Waals surface area (Å²) in [6, 6.07) is 6.60. The van der Waals surface area contributed by atoms with Crippen LogP contribution in [0.2, 0.25) is 0 Å². The van der Waals surface area contributed by atoms with Gasteiger partial charge in [-0.1, -0.05) is 11.3 Å². The van der Waals surface area contributed by atoms with E-state index in [-0.39, 0.29) is 10.9 Å². The van der Waals surface area contributed by atoms with Crippen molar-refractivity contribution >= 4 is 27.9 Å². The fraction of sp³-hybridized carbons (Fsp3) is 0.167. The number of alkyl halides is 3. The van der Waals surface area contributed by atoms with Gasteiger partial charge in [-0.3, -0.25) is 4.79 Å². The molecule has 2 aromatic heterocycles. The summed E-state index contributed by atoms with van der Waals surface area (Å²) in [5.74, 6) is -1.36. The number of rotatable bonds is 2. The number of nitrogens with zero attached hydrogens (tertiary/aromatic N) is 4. The molecule has 0 spiro atoms. The van der Waals surface area contributed by atoms with Crippen LogP contribution in [0.5, 0.6) is 0 Å². The van der Waals surface area contributed by atoms with E-state index >= 15 is 0 Å². The van der Waals surface area contributed by atoms with Gasteiger partial charge in [0.25, 0.3) is 5.82 Å². The Labute approximate surface area is 125 Å². The minimum atomic E-state index is -4.61. The first-order valence-electron chi connectivity index (χ1n) is 6.02. The number of carbonyl (C=O) groups excluding carboxylic acids is 1. The third kappa shape index (κ3) is 2.64. The minimum absolute atomic E-state index is 0.0632. The number of benzene rings is 1. The average molecular weight is 327 g/mol. The highest BCUT2D eigenvalue weighted by Gasteiger charge is 2.38. The Kier molecular flexibility index (Phi) is 3.32. The molecule has 10 heteroatoms. The predicted molar refractivity (Wildman–Crippen MR) is 73.4 cm³/mol. The Morgan fingerprint density at radius 1 is 1.23 bits per heavy atom. The maximum absolute atomic E-state index is 12.7. The van der Waals surface area contributed by atoms with E-state index in [1.54, 1.807) is 24.3 Å². The van der Waals surface area contributed by atoms with E-state index in [0.717, 1.165) is 11.3 Å². The van der Waals surface area contributed by atoms with E-state index in [9.17, 15) is 18.0 Å². The third-order valence-corrected chi connectivity index (χ3v) is 3.64. The summed E-state index contributed by atoms with van der Waals surface area (Å²) < 4.78 is 38.9. The van der Waals surface area contributed by atoms with Gasteiger partial charge in [0.05, 0.1) is 0 Å². The van der Waals surface area contributed by atoms with Crippen molar-refractivity contribution in [3.8, 4) is 10.6 Å². The molecule has 0 fully saturated rings. The normalized spacial score (nSPS) is 11.8. The Balaban J connectivity index is 1.97. The molecule has 1 aromatic carbocycles. The van der Waals surface area contributed by atoms with Gasteiger partial charge in [0.1, 0.15) is 5.01 Å². The van der Waals surface area contributed by atoms with Crippen LogP contribution in [0.25, 0.3) is 15.5 Å². The first-order chi connectivity index (χ1) is 10.3. The molecule has 6 nitrogen and oxygen atoms in total. The minimum Gasteiger partial charge on any atom is -0.326 e. The Hall–Kier alpha value is -2.49. The van der Waals surface area contributed by atoms with Gasteiger partial charge in [-0.2, -0.15) is 22.8 Å². The van der Waals surface area contributed by atoms with Crippen LogP contribution in [-0.2, 0) is 11.0 Å². The second-order valence-electron chi connectivity index (χ2n) is 4.38. The first-order valence-corrected chi connectivity index (χ1v) is 6.84. The zero-order valence-corrected chi connectivity index (χ0v) is 11.9. The number of nitrogens with one attached hydrogen (secondary N) is 1. The van der Waals surface area contributed by atoms with Gasteiger partial charge in [0, 0.05) is 18.2 Å². The maximum atomic E-state index is 12.7. The number of aromatic nitrogens is 4. The lowest BCUT2D eigenvalue weighted by atomic mass is 10.2. The SMILES string of the molecule is CC(=O)Nc1ccc(-c2nn3c(C(F)(F)F)nnc3s2)cc1. The summed E-state index contributed by atoms with van der Waals surface area (Å²) >= 11 is 0.998. The molecule has 0 aliphatic heterocycles. The van der Waals surface area contributed by atoms with Crippen molar-refractivity contribution in [3.63, 3.8) is 0 Å². The van der Waals surface area contributed by atoms with Gasteiger partial charge in [0.2, 0.25) is 10.9 Å². The highest BCUT2D eigenvalue weighted by atomic mass is 32.1. The van der Waals surface area contributed by atoms with Crippen LogP contribution < -0.4 is 5.32 Å². The van der Waals surface area contributed by atoms with Gasteiger partial charge >= 0.3 is 6.18 Å². The standard InChI is InChI=1S/C12H8F3N5OS/c1-6(21)16-8-4-2-7(3-5-8)9-19-20-10(12(13,14)15)17-18-11(20)22-9/h2-5H,1H3,(H,16,21). The van der Waals surface area contributed by atoms with Crippen molar-refractivity contribution in [2.45, 2.75) is 13.1 Å². The molecular formula is C12H8F3N5OS. The zero-order valence-electron chi connectivity index (χ0n) is 11.0. The third-order valence-electron chi connectivity index (χ3n) is 2.70. The number of anilines is 1. The summed E-state index contributed by atoms with van der Waals surface area (Å²) in [5.41, 5.74) is 1.22. The number of halogens is 3. The second kappa shape index (κ2) is 5.05. The van der Waals surface area contributed by atoms with E-state index in [1.807, 2.05) is 0 Å². The van der Waals surface area contributed by atoms with Gasteiger partial charge in [-0.05, 0) is 24.3 Å². The molecule has 1 N–H and O–H groups in total. The van der Waals surface area contributed by atoms with Gasteiger partial charge < -0.3 is 5.32 Å². The van der Waals surface area contributed by atoms with Crippen LogP contribution in [0, 0.1) is 0 Å². The van der Waals surface area contributed by atoms with E-state index in [0.29, 0.717) is 20.8 Å². The summed E-state index contributed by atoms with van der Waals surface area (Å²) in [6.45, 7) is 1.38. The van der Waals surface area contributed by atoms with Crippen LogP contribution in [0.3, 0.4) is 0 Å². The summed E-state index contributed by atoms with van der Waals surface area (Å²) in [5, 5.41) is 13.5. The van der Waals surface area contributed by atoms with E-state index < -0.39 is 12.0 Å².